The van der Waals surface area contributed by atoms with E-state index < -0.39 is 17.3 Å². The number of alkyl halides is 3. The second kappa shape index (κ2) is 11.2. The number of hydrogen-bond acceptors (Lipinski definition) is 5. The Hall–Kier alpha value is -2.27. The molecule has 3 aromatic rings. The van der Waals surface area contributed by atoms with Crippen molar-refractivity contribution < 1.29 is 18.0 Å². The minimum absolute atomic E-state index is 0.0257. The van der Waals surface area contributed by atoms with E-state index in [2.05, 4.69) is 10.3 Å². The molecule has 1 aromatic heterocycles. The summed E-state index contributed by atoms with van der Waals surface area (Å²) in [6, 6.07) is 6.05. The highest BCUT2D eigenvalue weighted by molar-refractivity contribution is 7.99. The van der Waals surface area contributed by atoms with Crippen molar-refractivity contribution in [2.45, 2.75) is 50.5 Å². The molecule has 1 aliphatic rings. The molecule has 4 rings (SSSR count). The normalized spacial score (nSPS) is 16.5. The van der Waals surface area contributed by atoms with Crippen LogP contribution in [0.3, 0.4) is 0 Å². The molecule has 2 heterocycles. The molecule has 0 bridgehead atoms. The minimum Gasteiger partial charge on any atom is -0.352 e. The maximum atomic E-state index is 14.2. The smallest absolute Gasteiger partial charge is 0.352 e. The van der Waals surface area contributed by atoms with E-state index in [4.69, 9.17) is 23.2 Å². The van der Waals surface area contributed by atoms with E-state index in [1.807, 2.05) is 13.0 Å². The molecule has 12 heteroatoms. The first kappa shape index (κ1) is 27.8. The lowest BCUT2D eigenvalue weighted by Gasteiger charge is -2.22. The van der Waals surface area contributed by atoms with Crippen molar-refractivity contribution in [3.8, 4) is 0 Å². The second-order valence-corrected chi connectivity index (χ2v) is 11.0. The third kappa shape index (κ3) is 6.25. The predicted molar refractivity (Wildman–Crippen MR) is 140 cm³/mol. The van der Waals surface area contributed by atoms with Crippen LogP contribution in [0.1, 0.15) is 37.0 Å². The molecule has 198 valence electrons. The molecule has 1 saturated heterocycles. The molecule has 1 atom stereocenters. The summed E-state index contributed by atoms with van der Waals surface area (Å²) in [6.45, 7) is 4.32. The summed E-state index contributed by atoms with van der Waals surface area (Å²) in [5.41, 5.74) is -0.925. The van der Waals surface area contributed by atoms with Crippen LogP contribution in [0.5, 0.6) is 0 Å². The van der Waals surface area contributed by atoms with E-state index in [1.54, 1.807) is 28.8 Å². The SMILES string of the molecule is CCSc1ccc(Cl)cc1Cn1cnc2c(Cl)c(CN3CC[C@@H](NC(C)=O)C3)c(C(F)(F)F)cc2c1=O. The Labute approximate surface area is 226 Å². The maximum absolute atomic E-state index is 14.2. The number of aromatic nitrogens is 2. The van der Waals surface area contributed by atoms with Gasteiger partial charge in [-0.3, -0.25) is 19.1 Å². The predicted octanol–water partition coefficient (Wildman–Crippen LogP) is 5.59. The highest BCUT2D eigenvalue weighted by Gasteiger charge is 2.37. The van der Waals surface area contributed by atoms with Gasteiger partial charge in [-0.2, -0.15) is 13.2 Å². The number of carbonyl (C=O) groups is 1. The van der Waals surface area contributed by atoms with Crippen molar-refractivity contribution in [1.29, 1.82) is 0 Å². The number of likely N-dealkylation sites (tertiary alicyclic amines) is 1. The van der Waals surface area contributed by atoms with Gasteiger partial charge in [0, 0.05) is 42.5 Å². The van der Waals surface area contributed by atoms with Crippen LogP contribution in [0.2, 0.25) is 10.0 Å². The van der Waals surface area contributed by atoms with Crippen LogP contribution in [0.25, 0.3) is 10.9 Å². The van der Waals surface area contributed by atoms with Crippen molar-refractivity contribution in [1.82, 2.24) is 19.8 Å². The van der Waals surface area contributed by atoms with Crippen molar-refractivity contribution >= 4 is 51.8 Å². The highest BCUT2D eigenvalue weighted by atomic mass is 35.5. The van der Waals surface area contributed by atoms with Crippen LogP contribution in [-0.2, 0) is 24.1 Å². The van der Waals surface area contributed by atoms with E-state index in [0.29, 0.717) is 24.5 Å². The summed E-state index contributed by atoms with van der Waals surface area (Å²) in [5, 5.41) is 2.89. The van der Waals surface area contributed by atoms with Crippen molar-refractivity contribution in [3.05, 3.63) is 67.7 Å². The molecular formula is C25H25Cl2F3N4O2S. The molecule has 1 amide bonds. The second-order valence-electron chi connectivity index (χ2n) is 8.89. The molecule has 0 radical (unpaired) electrons. The van der Waals surface area contributed by atoms with Gasteiger partial charge in [0.15, 0.2) is 0 Å². The zero-order chi connectivity index (χ0) is 26.9. The third-order valence-electron chi connectivity index (χ3n) is 6.19. The average Bonchev–Trinajstić information content (AvgIpc) is 3.24. The van der Waals surface area contributed by atoms with Crippen molar-refractivity contribution in [3.63, 3.8) is 0 Å². The first-order valence-electron chi connectivity index (χ1n) is 11.7. The van der Waals surface area contributed by atoms with Gasteiger partial charge in [-0.05, 0) is 47.6 Å². The number of hydrogen-bond donors (Lipinski definition) is 1. The molecule has 2 aromatic carbocycles. The molecule has 6 nitrogen and oxygen atoms in total. The van der Waals surface area contributed by atoms with E-state index in [9.17, 15) is 22.8 Å². The standard InChI is InChI=1S/C25H25Cl2F3N4O2S/c1-3-37-21-5-4-16(26)8-15(21)10-34-13-31-23-18(24(34)36)9-20(25(28,29)30)19(22(23)27)12-33-7-6-17(11-33)32-14(2)35/h4-5,8-9,13,17H,3,6-7,10-12H2,1-2H3,(H,32,35)/t17-/m1/s1. The summed E-state index contributed by atoms with van der Waals surface area (Å²) < 4.78 is 43.7. The fraction of sp³-hybridized carbons (Fsp3) is 0.400. The zero-order valence-electron chi connectivity index (χ0n) is 20.2. The van der Waals surface area contributed by atoms with E-state index in [-0.39, 0.29) is 46.5 Å². The number of carbonyl (C=O) groups excluding carboxylic acids is 1. The Morgan fingerprint density at radius 1 is 1.24 bits per heavy atom. The van der Waals surface area contributed by atoms with Gasteiger partial charge in [0.1, 0.15) is 0 Å². The molecule has 0 spiro atoms. The lowest BCUT2D eigenvalue weighted by Crippen LogP contribution is -2.35. The summed E-state index contributed by atoms with van der Waals surface area (Å²) in [6.07, 6.45) is -2.80. The van der Waals surface area contributed by atoms with Gasteiger partial charge in [0.25, 0.3) is 5.56 Å². The van der Waals surface area contributed by atoms with Crippen LogP contribution in [-0.4, -0.2) is 45.2 Å². The van der Waals surface area contributed by atoms with Gasteiger partial charge in [-0.25, -0.2) is 4.98 Å². The molecule has 0 aliphatic carbocycles. The third-order valence-corrected chi connectivity index (χ3v) is 7.83. The van der Waals surface area contributed by atoms with Gasteiger partial charge in [0.05, 0.1) is 34.4 Å². The molecule has 0 unspecified atom stereocenters. The Morgan fingerprint density at radius 3 is 2.68 bits per heavy atom. The number of benzene rings is 2. The molecule has 0 saturated carbocycles. The molecule has 1 N–H and O–H groups in total. The quantitative estimate of drug-likeness (QED) is 0.374. The summed E-state index contributed by atoms with van der Waals surface area (Å²) in [4.78, 5) is 31.7. The number of nitrogens with zero attached hydrogens (tertiary/aromatic N) is 3. The Bertz CT molecular complexity index is 1400. The molecule has 1 fully saturated rings. The minimum atomic E-state index is -4.73. The number of rotatable bonds is 7. The monoisotopic (exact) mass is 572 g/mol. The molecule has 37 heavy (non-hydrogen) atoms. The summed E-state index contributed by atoms with van der Waals surface area (Å²) >= 11 is 14.2. The summed E-state index contributed by atoms with van der Waals surface area (Å²) in [7, 11) is 0. The van der Waals surface area contributed by atoms with E-state index in [0.717, 1.165) is 22.3 Å². The van der Waals surface area contributed by atoms with Crippen LogP contribution < -0.4 is 10.9 Å². The van der Waals surface area contributed by atoms with Gasteiger partial charge in [-0.15, -0.1) is 11.8 Å². The fourth-order valence-corrected chi connectivity index (χ4v) is 5.87. The van der Waals surface area contributed by atoms with E-state index in [1.165, 1.54) is 17.8 Å². The topological polar surface area (TPSA) is 67.2 Å². The number of nitrogens with one attached hydrogen (secondary N) is 1. The Kier molecular flexibility index (Phi) is 8.42. The number of halogens is 5. The molecule has 1 aliphatic heterocycles. The first-order valence-corrected chi connectivity index (χ1v) is 13.4. The van der Waals surface area contributed by atoms with Crippen LogP contribution in [0.15, 0.2) is 40.3 Å². The van der Waals surface area contributed by atoms with E-state index >= 15 is 0 Å². The maximum Gasteiger partial charge on any atom is 0.416 e. The lowest BCUT2D eigenvalue weighted by molar-refractivity contribution is -0.138. The van der Waals surface area contributed by atoms with Crippen LogP contribution >= 0.6 is 35.0 Å². The number of amides is 1. The number of thioether (sulfide) groups is 1. The Morgan fingerprint density at radius 2 is 2.00 bits per heavy atom. The van der Waals surface area contributed by atoms with Gasteiger partial charge < -0.3 is 5.32 Å². The molecular weight excluding hydrogens is 548 g/mol. The Balaban J connectivity index is 1.74. The van der Waals surface area contributed by atoms with Gasteiger partial charge in [-0.1, -0.05) is 30.1 Å². The average molecular weight is 573 g/mol. The lowest BCUT2D eigenvalue weighted by atomic mass is 10.0. The van der Waals surface area contributed by atoms with Gasteiger partial charge >= 0.3 is 6.18 Å². The van der Waals surface area contributed by atoms with Crippen LogP contribution in [0.4, 0.5) is 13.2 Å². The van der Waals surface area contributed by atoms with Crippen molar-refractivity contribution in [2.24, 2.45) is 0 Å². The zero-order valence-corrected chi connectivity index (χ0v) is 22.5. The number of fused-ring (bicyclic) bond motifs is 1. The van der Waals surface area contributed by atoms with Crippen molar-refractivity contribution in [2.75, 3.05) is 18.8 Å². The highest BCUT2D eigenvalue weighted by Crippen LogP contribution is 2.39. The largest absolute Gasteiger partial charge is 0.416 e. The fourth-order valence-electron chi connectivity index (χ4n) is 4.58. The van der Waals surface area contributed by atoms with Gasteiger partial charge in [0.2, 0.25) is 5.91 Å². The first-order chi connectivity index (χ1) is 17.5. The summed E-state index contributed by atoms with van der Waals surface area (Å²) in [5.74, 6) is 0.611. The van der Waals surface area contributed by atoms with Crippen LogP contribution in [0, 0.1) is 0 Å².